The minimum Gasteiger partial charge on any atom is -0.330 e. The topological polar surface area (TPSA) is 26.0 Å². The van der Waals surface area contributed by atoms with E-state index in [0.29, 0.717) is 5.41 Å². The molecule has 2 bridgehead atoms. The molecule has 14 heavy (non-hydrogen) atoms. The molecule has 82 valence electrons. The third kappa shape index (κ3) is 1.71. The Hall–Kier alpha value is -0.0400. The molecule has 0 aromatic carbocycles. The van der Waals surface area contributed by atoms with Crippen LogP contribution >= 0.6 is 0 Å². The van der Waals surface area contributed by atoms with Gasteiger partial charge in [0.25, 0.3) is 0 Å². The fourth-order valence-corrected chi connectivity index (χ4v) is 3.85. The maximum atomic E-state index is 6.05. The van der Waals surface area contributed by atoms with E-state index in [1.807, 2.05) is 0 Å². The molecule has 2 fully saturated rings. The van der Waals surface area contributed by atoms with Crippen molar-refractivity contribution >= 4 is 0 Å². The number of rotatable bonds is 2. The smallest absolute Gasteiger partial charge is 0.00180 e. The maximum Gasteiger partial charge on any atom is -0.00180 e. The molecular formula is C13H25N. The van der Waals surface area contributed by atoms with Gasteiger partial charge in [-0.15, -0.1) is 0 Å². The molecule has 3 atom stereocenters. The first-order valence-electron chi connectivity index (χ1n) is 6.51. The Morgan fingerprint density at radius 1 is 1.14 bits per heavy atom. The largest absolute Gasteiger partial charge is 0.330 e. The van der Waals surface area contributed by atoms with Crippen molar-refractivity contribution in [3.05, 3.63) is 0 Å². The van der Waals surface area contributed by atoms with E-state index in [2.05, 4.69) is 6.92 Å². The van der Waals surface area contributed by atoms with Crippen molar-refractivity contribution in [2.24, 2.45) is 23.0 Å². The van der Waals surface area contributed by atoms with Gasteiger partial charge in [0.05, 0.1) is 0 Å². The lowest BCUT2D eigenvalue weighted by Crippen LogP contribution is -2.37. The van der Waals surface area contributed by atoms with E-state index in [4.69, 9.17) is 5.73 Å². The lowest BCUT2D eigenvalue weighted by molar-refractivity contribution is 0.128. The van der Waals surface area contributed by atoms with Gasteiger partial charge in [-0.1, -0.05) is 26.2 Å². The Kier molecular flexibility index (Phi) is 3.16. The third-order valence-electron chi connectivity index (χ3n) is 5.12. The van der Waals surface area contributed by atoms with E-state index in [1.54, 1.807) is 0 Å². The summed E-state index contributed by atoms with van der Waals surface area (Å²) in [6.45, 7) is 3.28. The molecule has 0 amide bonds. The highest BCUT2D eigenvalue weighted by molar-refractivity contribution is 4.92. The number of nitrogens with two attached hydrogens (primary N) is 1. The van der Waals surface area contributed by atoms with E-state index < -0.39 is 0 Å². The molecule has 2 aliphatic carbocycles. The van der Waals surface area contributed by atoms with Crippen LogP contribution in [-0.2, 0) is 0 Å². The third-order valence-corrected chi connectivity index (χ3v) is 5.12. The first-order valence-corrected chi connectivity index (χ1v) is 6.51. The Balaban J connectivity index is 2.17. The van der Waals surface area contributed by atoms with E-state index in [0.717, 1.165) is 18.4 Å². The predicted octanol–water partition coefficient (Wildman–Crippen LogP) is 3.33. The van der Waals surface area contributed by atoms with Crippen molar-refractivity contribution in [1.82, 2.24) is 0 Å². The lowest BCUT2D eigenvalue weighted by Gasteiger charge is -2.39. The van der Waals surface area contributed by atoms with Crippen molar-refractivity contribution in [2.45, 2.75) is 58.3 Å². The summed E-state index contributed by atoms with van der Waals surface area (Å²) in [7, 11) is 0. The zero-order chi connectivity index (χ0) is 10.0. The Morgan fingerprint density at radius 2 is 2.00 bits per heavy atom. The minimum atomic E-state index is 0.523. The van der Waals surface area contributed by atoms with Gasteiger partial charge < -0.3 is 5.73 Å². The molecule has 3 unspecified atom stereocenters. The van der Waals surface area contributed by atoms with Crippen molar-refractivity contribution in [3.8, 4) is 0 Å². The highest BCUT2D eigenvalue weighted by atomic mass is 14.6. The van der Waals surface area contributed by atoms with E-state index >= 15 is 0 Å². The second-order valence-corrected chi connectivity index (χ2v) is 5.53. The van der Waals surface area contributed by atoms with Gasteiger partial charge in [-0.3, -0.25) is 0 Å². The van der Waals surface area contributed by atoms with Crippen LogP contribution in [-0.4, -0.2) is 6.54 Å². The average Bonchev–Trinajstić information content (AvgIpc) is 2.52. The fourth-order valence-electron chi connectivity index (χ4n) is 3.85. The van der Waals surface area contributed by atoms with Crippen molar-refractivity contribution in [1.29, 1.82) is 0 Å². The molecule has 0 heterocycles. The van der Waals surface area contributed by atoms with Crippen molar-refractivity contribution in [3.63, 3.8) is 0 Å². The van der Waals surface area contributed by atoms with Gasteiger partial charge in [0.1, 0.15) is 0 Å². The van der Waals surface area contributed by atoms with Gasteiger partial charge in [0.2, 0.25) is 0 Å². The van der Waals surface area contributed by atoms with Gasteiger partial charge >= 0.3 is 0 Å². The summed E-state index contributed by atoms with van der Waals surface area (Å²) < 4.78 is 0. The Bertz CT molecular complexity index is 184. The standard InChI is InChI=1S/C13H25N/c1-2-13(10-14)9-8-11-4-3-5-12(13)7-6-11/h11-12H,2-10,14H2,1H3. The van der Waals surface area contributed by atoms with E-state index in [9.17, 15) is 0 Å². The first kappa shape index (κ1) is 10.5. The monoisotopic (exact) mass is 195 g/mol. The molecule has 2 saturated carbocycles. The molecular weight excluding hydrogens is 170 g/mol. The van der Waals surface area contributed by atoms with Crippen LogP contribution in [0.4, 0.5) is 0 Å². The molecule has 2 rings (SSSR count). The summed E-state index contributed by atoms with van der Waals surface area (Å²) in [4.78, 5) is 0. The molecule has 2 N–H and O–H groups in total. The highest BCUT2D eigenvalue weighted by Crippen LogP contribution is 2.48. The quantitative estimate of drug-likeness (QED) is 0.718. The summed E-state index contributed by atoms with van der Waals surface area (Å²) in [5.74, 6) is 1.99. The summed E-state index contributed by atoms with van der Waals surface area (Å²) in [5, 5.41) is 0. The van der Waals surface area contributed by atoms with Gasteiger partial charge in [-0.05, 0) is 55.9 Å². The van der Waals surface area contributed by atoms with Crippen LogP contribution < -0.4 is 5.73 Å². The van der Waals surface area contributed by atoms with Gasteiger partial charge in [0, 0.05) is 0 Å². The van der Waals surface area contributed by atoms with E-state index in [1.165, 1.54) is 51.4 Å². The molecule has 2 aliphatic rings. The molecule has 0 aliphatic heterocycles. The number of fused-ring (bicyclic) bond motifs is 3. The second kappa shape index (κ2) is 4.22. The summed E-state index contributed by atoms with van der Waals surface area (Å²) in [6.07, 6.45) is 11.6. The molecule has 1 heteroatoms. The van der Waals surface area contributed by atoms with Crippen LogP contribution in [0.15, 0.2) is 0 Å². The molecule has 1 nitrogen and oxygen atoms in total. The normalized spacial score (nSPS) is 43.3. The lowest BCUT2D eigenvalue weighted by atomic mass is 9.67. The fraction of sp³-hybridized carbons (Fsp3) is 1.00. The van der Waals surface area contributed by atoms with E-state index in [-0.39, 0.29) is 0 Å². The van der Waals surface area contributed by atoms with Crippen molar-refractivity contribution < 1.29 is 0 Å². The Labute approximate surface area is 88.4 Å². The Morgan fingerprint density at radius 3 is 2.71 bits per heavy atom. The zero-order valence-electron chi connectivity index (χ0n) is 9.60. The van der Waals surface area contributed by atoms with Crippen LogP contribution in [0, 0.1) is 17.3 Å². The molecule has 0 aromatic rings. The number of hydrogen-bond acceptors (Lipinski definition) is 1. The SMILES string of the molecule is CCC1(CN)CCC2CCCC1CC2. The summed E-state index contributed by atoms with van der Waals surface area (Å²) in [5.41, 5.74) is 6.58. The zero-order valence-corrected chi connectivity index (χ0v) is 9.60. The second-order valence-electron chi connectivity index (χ2n) is 5.53. The average molecular weight is 195 g/mol. The van der Waals surface area contributed by atoms with Crippen LogP contribution in [0.25, 0.3) is 0 Å². The molecule has 0 spiro atoms. The molecule has 0 radical (unpaired) electrons. The highest BCUT2D eigenvalue weighted by Gasteiger charge is 2.39. The van der Waals surface area contributed by atoms with Crippen LogP contribution in [0.5, 0.6) is 0 Å². The maximum absolute atomic E-state index is 6.05. The van der Waals surface area contributed by atoms with Crippen LogP contribution in [0.2, 0.25) is 0 Å². The summed E-state index contributed by atoms with van der Waals surface area (Å²) >= 11 is 0. The van der Waals surface area contributed by atoms with Crippen LogP contribution in [0.1, 0.15) is 58.3 Å². The van der Waals surface area contributed by atoms with Gasteiger partial charge in [-0.25, -0.2) is 0 Å². The van der Waals surface area contributed by atoms with Gasteiger partial charge in [0.15, 0.2) is 0 Å². The van der Waals surface area contributed by atoms with Crippen LogP contribution in [0.3, 0.4) is 0 Å². The first-order chi connectivity index (χ1) is 6.80. The van der Waals surface area contributed by atoms with Crippen molar-refractivity contribution in [2.75, 3.05) is 6.54 Å². The number of hydrogen-bond donors (Lipinski definition) is 1. The minimum absolute atomic E-state index is 0.523. The molecule has 0 aromatic heterocycles. The van der Waals surface area contributed by atoms with Gasteiger partial charge in [-0.2, -0.15) is 0 Å². The predicted molar refractivity (Wildman–Crippen MR) is 61.1 cm³/mol. The molecule has 0 saturated heterocycles. The summed E-state index contributed by atoms with van der Waals surface area (Å²) in [6, 6.07) is 0.